The number of ether oxygens (including phenoxy) is 3. The van der Waals surface area contributed by atoms with Gasteiger partial charge in [-0.25, -0.2) is 9.48 Å². The molecule has 1 aliphatic carbocycles. The molecule has 2 heterocycles. The van der Waals surface area contributed by atoms with Crippen LogP contribution in [0.25, 0.3) is 16.9 Å². The van der Waals surface area contributed by atoms with Gasteiger partial charge in [-0.1, -0.05) is 0 Å². The van der Waals surface area contributed by atoms with Gasteiger partial charge in [0.2, 0.25) is 0 Å². The van der Waals surface area contributed by atoms with Gasteiger partial charge in [0.25, 0.3) is 5.91 Å². The van der Waals surface area contributed by atoms with E-state index in [0.717, 1.165) is 0 Å². The highest BCUT2D eigenvalue weighted by Crippen LogP contribution is 2.42. The first-order valence-corrected chi connectivity index (χ1v) is 11.7. The molecule has 2 aromatic carbocycles. The summed E-state index contributed by atoms with van der Waals surface area (Å²) in [4.78, 5) is 25.4. The topological polar surface area (TPSA) is 105 Å². The number of nitrogens with one attached hydrogen (secondary N) is 1. The number of carbonyl (C=O) groups excluding carboxylic acids is 2. The third-order valence-electron chi connectivity index (χ3n) is 6.41. The van der Waals surface area contributed by atoms with Gasteiger partial charge in [-0.3, -0.25) is 4.79 Å². The maximum Gasteiger partial charge on any atom is 0.435 e. The number of fused-ring (bicyclic) bond motifs is 3. The van der Waals surface area contributed by atoms with E-state index in [0.29, 0.717) is 29.1 Å². The number of methoxy groups -OCH3 is 3. The summed E-state index contributed by atoms with van der Waals surface area (Å²) >= 11 is 0. The molecule has 0 fully saturated rings. The molecule has 12 heteroatoms. The molecule has 39 heavy (non-hydrogen) atoms. The van der Waals surface area contributed by atoms with Crippen LogP contribution in [-0.2, 0) is 23.8 Å². The average molecular weight is 541 g/mol. The zero-order valence-corrected chi connectivity index (χ0v) is 21.0. The maximum absolute atomic E-state index is 13.8. The van der Waals surface area contributed by atoms with Crippen LogP contribution in [0.5, 0.6) is 11.5 Å². The van der Waals surface area contributed by atoms with E-state index in [9.17, 15) is 22.8 Å². The average Bonchev–Trinajstić information content (AvgIpc) is 3.57. The molecular formula is C27H22F3N3O6. The number of halogens is 3. The smallest absolute Gasteiger partial charge is 0.435 e. The molecule has 0 bridgehead atoms. The van der Waals surface area contributed by atoms with Crippen LogP contribution in [0.2, 0.25) is 0 Å². The molecule has 5 rings (SSSR count). The number of aromatic nitrogens is 2. The van der Waals surface area contributed by atoms with E-state index >= 15 is 0 Å². The van der Waals surface area contributed by atoms with Crippen molar-refractivity contribution in [2.24, 2.45) is 0 Å². The zero-order valence-electron chi connectivity index (χ0n) is 21.0. The standard InChI is InChI=1S/C27H22F3N3O6/c1-36-21-12-18(26(35)38-3)19(13-22(21)37-2)31-25(34)14-4-6-15(7-5-14)33-23-16-10-11-39-20(16)9-8-17(23)24(32-33)27(28,29)30/h4-7,10-13H,8-9H2,1-3H3,(H,31,34). The SMILES string of the molecule is COC(=O)c1cc(OC)c(OC)cc1NC(=O)c1ccc(-n2nc(C(F)(F)F)c3c2-c2ccoc2CC3)cc1. The summed E-state index contributed by atoms with van der Waals surface area (Å²) in [7, 11) is 4.01. The Labute approximate surface area is 220 Å². The molecular weight excluding hydrogens is 519 g/mol. The third kappa shape index (κ3) is 4.58. The van der Waals surface area contributed by atoms with Gasteiger partial charge in [0.05, 0.1) is 50.2 Å². The summed E-state index contributed by atoms with van der Waals surface area (Å²) in [5, 5.41) is 6.55. The molecule has 0 saturated carbocycles. The lowest BCUT2D eigenvalue weighted by Gasteiger charge is -2.15. The Kier molecular flexibility index (Phi) is 6.54. The Bertz CT molecular complexity index is 1570. The normalized spacial score (nSPS) is 12.4. The van der Waals surface area contributed by atoms with Gasteiger partial charge < -0.3 is 23.9 Å². The first-order chi connectivity index (χ1) is 18.7. The van der Waals surface area contributed by atoms with Crippen LogP contribution >= 0.6 is 0 Å². The van der Waals surface area contributed by atoms with E-state index in [2.05, 4.69) is 10.4 Å². The van der Waals surface area contributed by atoms with E-state index in [4.69, 9.17) is 18.6 Å². The van der Waals surface area contributed by atoms with Gasteiger partial charge in [0.15, 0.2) is 17.2 Å². The number of hydrogen-bond donors (Lipinski definition) is 1. The van der Waals surface area contributed by atoms with Crippen LogP contribution < -0.4 is 14.8 Å². The summed E-state index contributed by atoms with van der Waals surface area (Å²) in [6.45, 7) is 0. The van der Waals surface area contributed by atoms with Gasteiger partial charge in [-0.15, -0.1) is 0 Å². The van der Waals surface area contributed by atoms with Crippen LogP contribution in [0.4, 0.5) is 18.9 Å². The molecule has 0 unspecified atom stereocenters. The van der Waals surface area contributed by atoms with Crippen molar-refractivity contribution in [1.29, 1.82) is 0 Å². The minimum absolute atomic E-state index is 0.0406. The zero-order chi connectivity index (χ0) is 27.9. The van der Waals surface area contributed by atoms with Crippen LogP contribution in [0, 0.1) is 0 Å². The van der Waals surface area contributed by atoms with E-state index in [1.807, 2.05) is 0 Å². The number of alkyl halides is 3. The van der Waals surface area contributed by atoms with Crippen molar-refractivity contribution < 1.29 is 41.4 Å². The first-order valence-electron chi connectivity index (χ1n) is 11.7. The van der Waals surface area contributed by atoms with Crippen molar-refractivity contribution in [3.63, 3.8) is 0 Å². The fourth-order valence-corrected chi connectivity index (χ4v) is 4.57. The fraction of sp³-hybridized carbons (Fsp3) is 0.222. The number of carbonyl (C=O) groups is 2. The lowest BCUT2D eigenvalue weighted by Crippen LogP contribution is -2.16. The summed E-state index contributed by atoms with van der Waals surface area (Å²) < 4.78 is 63.4. The van der Waals surface area contributed by atoms with Gasteiger partial charge in [0.1, 0.15) is 5.76 Å². The molecule has 0 radical (unpaired) electrons. The second kappa shape index (κ2) is 9.86. The number of hydrogen-bond acceptors (Lipinski definition) is 7. The number of esters is 1. The lowest BCUT2D eigenvalue weighted by atomic mass is 9.94. The Morgan fingerprint density at radius 1 is 1.00 bits per heavy atom. The minimum Gasteiger partial charge on any atom is -0.493 e. The highest BCUT2D eigenvalue weighted by atomic mass is 19.4. The summed E-state index contributed by atoms with van der Waals surface area (Å²) in [5.41, 5.74) is 0.680. The molecule has 0 saturated heterocycles. The predicted molar refractivity (Wildman–Crippen MR) is 133 cm³/mol. The molecule has 2 aromatic heterocycles. The quantitative estimate of drug-likeness (QED) is 0.330. The van der Waals surface area contributed by atoms with Crippen LogP contribution in [0.15, 0.2) is 53.1 Å². The second-order valence-electron chi connectivity index (χ2n) is 8.59. The Hall–Kier alpha value is -4.74. The largest absolute Gasteiger partial charge is 0.493 e. The summed E-state index contributed by atoms with van der Waals surface area (Å²) in [6, 6.07) is 10.3. The van der Waals surface area contributed by atoms with Gasteiger partial charge in [0, 0.05) is 35.2 Å². The monoisotopic (exact) mass is 541 g/mol. The number of benzene rings is 2. The lowest BCUT2D eigenvalue weighted by molar-refractivity contribution is -0.142. The van der Waals surface area contributed by atoms with Gasteiger partial charge in [-0.2, -0.15) is 18.3 Å². The molecule has 0 spiro atoms. The number of aryl methyl sites for hydroxylation is 1. The van der Waals surface area contributed by atoms with E-state index in [1.165, 1.54) is 68.7 Å². The Morgan fingerprint density at radius 2 is 1.69 bits per heavy atom. The minimum atomic E-state index is -4.63. The maximum atomic E-state index is 13.8. The number of nitrogens with zero attached hydrogens (tertiary/aromatic N) is 2. The molecule has 0 atom stereocenters. The molecule has 4 aromatic rings. The van der Waals surface area contributed by atoms with Crippen LogP contribution in [0.3, 0.4) is 0 Å². The van der Waals surface area contributed by atoms with Gasteiger partial charge >= 0.3 is 12.1 Å². The van der Waals surface area contributed by atoms with E-state index < -0.39 is 23.7 Å². The highest BCUT2D eigenvalue weighted by molar-refractivity contribution is 6.08. The summed E-state index contributed by atoms with van der Waals surface area (Å²) in [5.74, 6) is -0.150. The van der Waals surface area contributed by atoms with Crippen molar-refractivity contribution >= 4 is 17.6 Å². The van der Waals surface area contributed by atoms with Crippen molar-refractivity contribution in [3.05, 3.63) is 76.9 Å². The molecule has 1 amide bonds. The Balaban J connectivity index is 1.49. The van der Waals surface area contributed by atoms with E-state index in [-0.39, 0.29) is 40.3 Å². The first kappa shape index (κ1) is 25.9. The Morgan fingerprint density at radius 3 is 2.33 bits per heavy atom. The summed E-state index contributed by atoms with van der Waals surface area (Å²) in [6.07, 6.45) is -2.71. The molecule has 9 nitrogen and oxygen atoms in total. The third-order valence-corrected chi connectivity index (χ3v) is 6.41. The van der Waals surface area contributed by atoms with Crippen LogP contribution in [0.1, 0.15) is 37.7 Å². The van der Waals surface area contributed by atoms with Crippen molar-refractivity contribution in [1.82, 2.24) is 9.78 Å². The van der Waals surface area contributed by atoms with E-state index in [1.54, 1.807) is 6.07 Å². The molecule has 1 N–H and O–H groups in total. The number of amides is 1. The number of rotatable bonds is 6. The van der Waals surface area contributed by atoms with Crippen molar-refractivity contribution in [2.45, 2.75) is 19.0 Å². The second-order valence-corrected chi connectivity index (χ2v) is 8.59. The van der Waals surface area contributed by atoms with Crippen molar-refractivity contribution in [3.8, 4) is 28.4 Å². The highest BCUT2D eigenvalue weighted by Gasteiger charge is 2.41. The number of furan rings is 1. The molecule has 202 valence electrons. The number of anilines is 1. The van der Waals surface area contributed by atoms with Crippen LogP contribution in [-0.4, -0.2) is 43.0 Å². The van der Waals surface area contributed by atoms with Gasteiger partial charge in [-0.05, 0) is 36.8 Å². The molecule has 1 aliphatic rings. The van der Waals surface area contributed by atoms with Crippen molar-refractivity contribution in [2.75, 3.05) is 26.6 Å². The molecule has 0 aliphatic heterocycles. The predicted octanol–water partition coefficient (Wildman–Crippen LogP) is 5.31. The fourth-order valence-electron chi connectivity index (χ4n) is 4.57.